The summed E-state index contributed by atoms with van der Waals surface area (Å²) in [4.78, 5) is 13.2. The smallest absolute Gasteiger partial charge is 0.258 e. The van der Waals surface area contributed by atoms with E-state index >= 15 is 0 Å². The lowest BCUT2D eigenvalue weighted by atomic mass is 10.2. The molecule has 0 saturated carbocycles. The van der Waals surface area contributed by atoms with E-state index in [4.69, 9.17) is 0 Å². The standard InChI is InChI=1S/C13H15N3OS3/c1-8(2)19-13-16-15-12(20-13)14-11(17)9-6-4-5-7-10(9)18-3/h4-8H,1-3H3,(H,14,15,17). The average Bonchev–Trinajstić information content (AvgIpc) is 2.85. The molecule has 0 saturated heterocycles. The third-order valence-corrected chi connectivity index (χ3v) is 5.04. The molecule has 0 aliphatic rings. The second-order valence-corrected chi connectivity index (χ2v) is 7.84. The molecule has 0 fully saturated rings. The molecule has 20 heavy (non-hydrogen) atoms. The number of hydrogen-bond acceptors (Lipinski definition) is 6. The van der Waals surface area contributed by atoms with Crippen LogP contribution in [0.3, 0.4) is 0 Å². The number of thioether (sulfide) groups is 2. The van der Waals surface area contributed by atoms with Crippen LogP contribution in [0.4, 0.5) is 5.13 Å². The molecule has 0 spiro atoms. The number of amides is 1. The van der Waals surface area contributed by atoms with Gasteiger partial charge in [-0.2, -0.15) is 0 Å². The molecule has 0 atom stereocenters. The Balaban J connectivity index is 2.09. The predicted molar refractivity (Wildman–Crippen MR) is 87.1 cm³/mol. The largest absolute Gasteiger partial charge is 0.296 e. The van der Waals surface area contributed by atoms with Crippen molar-refractivity contribution in [2.75, 3.05) is 11.6 Å². The molecule has 7 heteroatoms. The number of anilines is 1. The first-order valence-electron chi connectivity index (χ1n) is 6.04. The summed E-state index contributed by atoms with van der Waals surface area (Å²) in [5.74, 6) is -0.146. The Morgan fingerprint density at radius 2 is 2.05 bits per heavy atom. The third-order valence-electron chi connectivity index (χ3n) is 2.32. The Morgan fingerprint density at radius 1 is 1.30 bits per heavy atom. The number of nitrogens with one attached hydrogen (secondary N) is 1. The Hall–Kier alpha value is -1.05. The molecule has 0 aliphatic heterocycles. The van der Waals surface area contributed by atoms with Crippen molar-refractivity contribution < 1.29 is 4.79 Å². The molecule has 0 radical (unpaired) electrons. The average molecular weight is 325 g/mol. The second kappa shape index (κ2) is 7.10. The zero-order valence-electron chi connectivity index (χ0n) is 11.4. The van der Waals surface area contributed by atoms with Crippen LogP contribution >= 0.6 is 34.9 Å². The molecule has 1 aromatic carbocycles. The van der Waals surface area contributed by atoms with Crippen molar-refractivity contribution in [3.63, 3.8) is 0 Å². The van der Waals surface area contributed by atoms with E-state index < -0.39 is 0 Å². The molecule has 2 aromatic rings. The quantitative estimate of drug-likeness (QED) is 0.665. The van der Waals surface area contributed by atoms with Gasteiger partial charge in [0.25, 0.3) is 5.91 Å². The monoisotopic (exact) mass is 325 g/mol. The van der Waals surface area contributed by atoms with Crippen molar-refractivity contribution in [2.24, 2.45) is 0 Å². The van der Waals surface area contributed by atoms with Crippen LogP contribution in [0.1, 0.15) is 24.2 Å². The van der Waals surface area contributed by atoms with Gasteiger partial charge in [-0.25, -0.2) is 0 Å². The lowest BCUT2D eigenvalue weighted by Crippen LogP contribution is -2.12. The summed E-state index contributed by atoms with van der Waals surface area (Å²) >= 11 is 4.59. The first kappa shape index (κ1) is 15.3. The van der Waals surface area contributed by atoms with Gasteiger partial charge in [0.1, 0.15) is 0 Å². The highest BCUT2D eigenvalue weighted by Gasteiger charge is 2.13. The molecule has 0 unspecified atom stereocenters. The number of rotatable bonds is 5. The molecule has 1 N–H and O–H groups in total. The van der Waals surface area contributed by atoms with Gasteiger partial charge in [0.05, 0.1) is 5.56 Å². The molecule has 106 valence electrons. The molecule has 2 rings (SSSR count). The van der Waals surface area contributed by atoms with E-state index in [-0.39, 0.29) is 5.91 Å². The van der Waals surface area contributed by atoms with E-state index in [2.05, 4.69) is 29.4 Å². The van der Waals surface area contributed by atoms with Gasteiger partial charge in [-0.05, 0) is 18.4 Å². The maximum atomic E-state index is 12.2. The Labute approximate surface area is 130 Å². The third kappa shape index (κ3) is 3.97. The van der Waals surface area contributed by atoms with Crippen LogP contribution in [0.15, 0.2) is 33.5 Å². The van der Waals surface area contributed by atoms with Crippen LogP contribution in [-0.2, 0) is 0 Å². The van der Waals surface area contributed by atoms with Crippen LogP contribution in [0.25, 0.3) is 0 Å². The summed E-state index contributed by atoms with van der Waals surface area (Å²) in [5, 5.41) is 11.8. The molecular weight excluding hydrogens is 310 g/mol. The second-order valence-electron chi connectivity index (χ2n) is 4.19. The minimum absolute atomic E-state index is 0.146. The minimum atomic E-state index is -0.146. The molecular formula is C13H15N3OS3. The van der Waals surface area contributed by atoms with E-state index in [1.807, 2.05) is 30.5 Å². The van der Waals surface area contributed by atoms with Crippen molar-refractivity contribution in [3.8, 4) is 0 Å². The summed E-state index contributed by atoms with van der Waals surface area (Å²) < 4.78 is 0.869. The van der Waals surface area contributed by atoms with Crippen molar-refractivity contribution in [3.05, 3.63) is 29.8 Å². The summed E-state index contributed by atoms with van der Waals surface area (Å²) in [6, 6.07) is 7.52. The minimum Gasteiger partial charge on any atom is -0.296 e. The summed E-state index contributed by atoms with van der Waals surface area (Å²) in [5.41, 5.74) is 0.660. The lowest BCUT2D eigenvalue weighted by Gasteiger charge is -2.05. The number of carbonyl (C=O) groups is 1. The van der Waals surface area contributed by atoms with Gasteiger partial charge in [-0.15, -0.1) is 22.0 Å². The highest BCUT2D eigenvalue weighted by molar-refractivity contribution is 8.01. The number of aromatic nitrogens is 2. The van der Waals surface area contributed by atoms with E-state index in [1.165, 1.54) is 11.3 Å². The first-order valence-corrected chi connectivity index (χ1v) is 8.96. The highest BCUT2D eigenvalue weighted by atomic mass is 32.2. The maximum absolute atomic E-state index is 12.2. The number of carbonyl (C=O) groups excluding carboxylic acids is 1. The van der Waals surface area contributed by atoms with E-state index in [0.717, 1.165) is 9.24 Å². The number of benzene rings is 1. The van der Waals surface area contributed by atoms with Crippen LogP contribution in [-0.4, -0.2) is 27.6 Å². The Kier molecular flexibility index (Phi) is 5.45. The van der Waals surface area contributed by atoms with Crippen LogP contribution < -0.4 is 5.32 Å². The topological polar surface area (TPSA) is 54.9 Å². The van der Waals surface area contributed by atoms with Gasteiger partial charge >= 0.3 is 0 Å². The zero-order valence-corrected chi connectivity index (χ0v) is 13.9. The predicted octanol–water partition coefficient (Wildman–Crippen LogP) is 4.01. The number of hydrogen-bond donors (Lipinski definition) is 1. The van der Waals surface area contributed by atoms with E-state index in [9.17, 15) is 4.79 Å². The van der Waals surface area contributed by atoms with E-state index in [1.54, 1.807) is 23.5 Å². The fourth-order valence-electron chi connectivity index (χ4n) is 1.51. The molecule has 1 aromatic heterocycles. The first-order chi connectivity index (χ1) is 9.60. The van der Waals surface area contributed by atoms with Gasteiger partial charge in [-0.3, -0.25) is 10.1 Å². The molecule has 0 aliphatic carbocycles. The SMILES string of the molecule is CSc1ccccc1C(=O)Nc1nnc(SC(C)C)s1. The van der Waals surface area contributed by atoms with Gasteiger partial charge in [0, 0.05) is 10.1 Å². The molecule has 1 heterocycles. The van der Waals surface area contributed by atoms with Crippen molar-refractivity contribution in [1.29, 1.82) is 0 Å². The van der Waals surface area contributed by atoms with Gasteiger partial charge in [-0.1, -0.05) is 49.1 Å². The highest BCUT2D eigenvalue weighted by Crippen LogP contribution is 2.29. The molecule has 4 nitrogen and oxygen atoms in total. The fraction of sp³-hybridized carbons (Fsp3) is 0.308. The normalized spacial score (nSPS) is 10.8. The fourth-order valence-corrected chi connectivity index (χ4v) is 4.07. The Bertz CT molecular complexity index is 598. The zero-order chi connectivity index (χ0) is 14.5. The summed E-state index contributed by atoms with van der Waals surface area (Å²) in [7, 11) is 0. The van der Waals surface area contributed by atoms with Gasteiger partial charge in [0.2, 0.25) is 5.13 Å². The Morgan fingerprint density at radius 3 is 2.75 bits per heavy atom. The van der Waals surface area contributed by atoms with Gasteiger partial charge < -0.3 is 0 Å². The summed E-state index contributed by atoms with van der Waals surface area (Å²) in [6.45, 7) is 4.19. The van der Waals surface area contributed by atoms with Crippen LogP contribution in [0, 0.1) is 0 Å². The van der Waals surface area contributed by atoms with Crippen molar-refractivity contribution in [1.82, 2.24) is 10.2 Å². The van der Waals surface area contributed by atoms with Crippen molar-refractivity contribution >= 4 is 45.9 Å². The molecule has 0 bridgehead atoms. The van der Waals surface area contributed by atoms with Crippen LogP contribution in [0.2, 0.25) is 0 Å². The van der Waals surface area contributed by atoms with Gasteiger partial charge in [0.15, 0.2) is 4.34 Å². The van der Waals surface area contributed by atoms with Crippen molar-refractivity contribution in [2.45, 2.75) is 28.3 Å². The summed E-state index contributed by atoms with van der Waals surface area (Å²) in [6.07, 6.45) is 1.95. The van der Waals surface area contributed by atoms with E-state index in [0.29, 0.717) is 15.9 Å². The number of nitrogens with zero attached hydrogens (tertiary/aromatic N) is 2. The van der Waals surface area contributed by atoms with Crippen LogP contribution in [0.5, 0.6) is 0 Å². The lowest BCUT2D eigenvalue weighted by molar-refractivity contribution is 0.102. The maximum Gasteiger partial charge on any atom is 0.258 e. The molecule has 1 amide bonds.